The smallest absolute Gasteiger partial charge is 0.144 e. The van der Waals surface area contributed by atoms with E-state index >= 15 is 0 Å². The van der Waals surface area contributed by atoms with Crippen LogP contribution >= 0.6 is 11.6 Å². The summed E-state index contributed by atoms with van der Waals surface area (Å²) in [5, 5.41) is 14.2. The highest BCUT2D eigenvalue weighted by Gasteiger charge is 2.41. The van der Waals surface area contributed by atoms with E-state index in [1.165, 1.54) is 0 Å². The summed E-state index contributed by atoms with van der Waals surface area (Å²) in [6, 6.07) is 22.4. The number of rotatable bonds is 2. The van der Waals surface area contributed by atoms with Crippen LogP contribution in [0.25, 0.3) is 0 Å². The lowest BCUT2D eigenvalue weighted by atomic mass is 9.72. The maximum Gasteiger partial charge on any atom is 0.144 e. The van der Waals surface area contributed by atoms with Gasteiger partial charge < -0.3 is 10.4 Å². The monoisotopic (exact) mass is 416 g/mol. The van der Waals surface area contributed by atoms with Gasteiger partial charge in [-0.05, 0) is 59.9 Å². The van der Waals surface area contributed by atoms with E-state index in [9.17, 15) is 9.90 Å². The molecule has 2 N–H and O–H groups in total. The second-order valence-corrected chi connectivity index (χ2v) is 8.37. The average Bonchev–Trinajstić information content (AvgIpc) is 2.91. The predicted octanol–water partition coefficient (Wildman–Crippen LogP) is 6.05. The first-order valence-corrected chi connectivity index (χ1v) is 10.5. The number of aromatic hydroxyl groups is 1. The molecule has 0 aromatic heterocycles. The van der Waals surface area contributed by atoms with Crippen LogP contribution in [0.1, 0.15) is 35.9 Å². The van der Waals surface area contributed by atoms with E-state index in [0.29, 0.717) is 17.9 Å². The molecule has 1 aliphatic carbocycles. The number of halogens is 1. The number of nitrogens with zero attached hydrogens (tertiary/aromatic N) is 1. The molecule has 1 saturated carbocycles. The van der Waals surface area contributed by atoms with Crippen molar-refractivity contribution in [2.75, 3.05) is 5.32 Å². The fourth-order valence-corrected chi connectivity index (χ4v) is 4.69. The van der Waals surface area contributed by atoms with Crippen molar-refractivity contribution in [2.24, 2.45) is 10.9 Å². The van der Waals surface area contributed by atoms with Crippen LogP contribution in [0.15, 0.2) is 77.8 Å². The first-order valence-electron chi connectivity index (χ1n) is 10.1. The summed E-state index contributed by atoms with van der Waals surface area (Å²) in [5.74, 6) is 0.0591. The van der Waals surface area contributed by atoms with Crippen LogP contribution in [0.2, 0.25) is 5.02 Å². The molecule has 4 nitrogen and oxygen atoms in total. The Morgan fingerprint density at radius 3 is 2.53 bits per heavy atom. The Balaban J connectivity index is 1.59. The highest BCUT2D eigenvalue weighted by molar-refractivity contribution is 6.30. The van der Waals surface area contributed by atoms with Gasteiger partial charge in [0, 0.05) is 17.2 Å². The van der Waals surface area contributed by atoms with Gasteiger partial charge in [0.05, 0.1) is 23.3 Å². The molecule has 1 heterocycles. The molecule has 3 aromatic rings. The number of aliphatic imine (C=N–C) groups is 1. The third kappa shape index (κ3) is 3.48. The number of benzene rings is 3. The Hall–Kier alpha value is -3.11. The molecule has 0 radical (unpaired) electrons. The maximum absolute atomic E-state index is 13.4. The van der Waals surface area contributed by atoms with Crippen LogP contribution in [-0.2, 0) is 4.79 Å². The van der Waals surface area contributed by atoms with Gasteiger partial charge in [-0.1, -0.05) is 48.0 Å². The fraction of sp³-hybridized carbons (Fsp3) is 0.200. The number of Topliss-reactive ketones (excluding diaryl/α,β-unsaturated/α-hetero) is 1. The molecule has 2 aliphatic rings. The van der Waals surface area contributed by atoms with Crippen molar-refractivity contribution in [3.8, 4) is 5.75 Å². The number of ketones is 1. The highest BCUT2D eigenvalue weighted by Crippen LogP contribution is 2.44. The molecule has 0 unspecified atom stereocenters. The number of para-hydroxylation sites is 2. The molecule has 0 spiro atoms. The minimum Gasteiger partial charge on any atom is -0.508 e. The van der Waals surface area contributed by atoms with Gasteiger partial charge in [0.15, 0.2) is 0 Å². The molecule has 0 bridgehead atoms. The molecule has 0 amide bonds. The number of hydrogen-bond acceptors (Lipinski definition) is 4. The second-order valence-electron chi connectivity index (χ2n) is 7.94. The Kier molecular flexibility index (Phi) is 4.80. The summed E-state index contributed by atoms with van der Waals surface area (Å²) >= 11 is 6.05. The van der Waals surface area contributed by atoms with Crippen LogP contribution in [0.4, 0.5) is 11.4 Å². The lowest BCUT2D eigenvalue weighted by Crippen LogP contribution is -2.38. The summed E-state index contributed by atoms with van der Waals surface area (Å²) in [4.78, 5) is 18.4. The van der Waals surface area contributed by atoms with Gasteiger partial charge >= 0.3 is 0 Å². The van der Waals surface area contributed by atoms with Crippen LogP contribution in [0.5, 0.6) is 5.75 Å². The first kappa shape index (κ1) is 18.9. The van der Waals surface area contributed by atoms with Crippen molar-refractivity contribution in [3.63, 3.8) is 0 Å². The van der Waals surface area contributed by atoms with Crippen LogP contribution in [-0.4, -0.2) is 16.6 Å². The van der Waals surface area contributed by atoms with Crippen molar-refractivity contribution in [3.05, 3.63) is 88.9 Å². The molecule has 30 heavy (non-hydrogen) atoms. The summed E-state index contributed by atoms with van der Waals surface area (Å²) in [6.45, 7) is 0. The Labute approximate surface area is 180 Å². The van der Waals surface area contributed by atoms with Crippen molar-refractivity contribution in [1.82, 2.24) is 0 Å². The Morgan fingerprint density at radius 1 is 0.933 bits per heavy atom. The Bertz CT molecular complexity index is 1140. The number of phenolic OH excluding ortho intramolecular Hbond substituents is 1. The van der Waals surface area contributed by atoms with E-state index in [4.69, 9.17) is 16.6 Å². The summed E-state index contributed by atoms with van der Waals surface area (Å²) in [5.41, 5.74) is 4.60. The van der Waals surface area contributed by atoms with Gasteiger partial charge in [-0.25, -0.2) is 0 Å². The largest absolute Gasteiger partial charge is 0.508 e. The third-order valence-electron chi connectivity index (χ3n) is 5.99. The van der Waals surface area contributed by atoms with E-state index in [2.05, 4.69) is 5.32 Å². The minimum absolute atomic E-state index is 0.0832. The maximum atomic E-state index is 13.4. The summed E-state index contributed by atoms with van der Waals surface area (Å²) < 4.78 is 0. The Morgan fingerprint density at radius 2 is 1.73 bits per heavy atom. The van der Waals surface area contributed by atoms with Crippen LogP contribution in [0.3, 0.4) is 0 Å². The van der Waals surface area contributed by atoms with E-state index < -0.39 is 0 Å². The zero-order valence-corrected chi connectivity index (χ0v) is 17.0. The van der Waals surface area contributed by atoms with Gasteiger partial charge in [0.1, 0.15) is 11.5 Å². The van der Waals surface area contributed by atoms with Crippen LogP contribution < -0.4 is 5.32 Å². The predicted molar refractivity (Wildman–Crippen MR) is 120 cm³/mol. The number of anilines is 1. The second kappa shape index (κ2) is 7.62. The third-order valence-corrected chi connectivity index (χ3v) is 6.24. The lowest BCUT2D eigenvalue weighted by molar-refractivity contribution is -0.122. The van der Waals surface area contributed by atoms with Gasteiger partial charge in [-0.3, -0.25) is 9.79 Å². The number of phenols is 1. The zero-order valence-electron chi connectivity index (χ0n) is 16.3. The quantitative estimate of drug-likeness (QED) is 0.534. The summed E-state index contributed by atoms with van der Waals surface area (Å²) in [7, 11) is 0. The van der Waals surface area contributed by atoms with E-state index in [1.54, 1.807) is 12.1 Å². The van der Waals surface area contributed by atoms with Crippen LogP contribution in [0, 0.1) is 5.92 Å². The number of nitrogens with one attached hydrogen (secondary N) is 1. The van der Waals surface area contributed by atoms with Crippen molar-refractivity contribution in [2.45, 2.75) is 24.8 Å². The molecule has 5 heteroatoms. The van der Waals surface area contributed by atoms with E-state index in [1.807, 2.05) is 60.7 Å². The van der Waals surface area contributed by atoms with E-state index in [0.717, 1.165) is 28.2 Å². The molecular formula is C25H21ClN2O2. The lowest BCUT2D eigenvalue weighted by Gasteiger charge is -2.34. The molecule has 1 aliphatic heterocycles. The molecule has 150 valence electrons. The van der Waals surface area contributed by atoms with Crippen molar-refractivity contribution < 1.29 is 9.90 Å². The molecule has 3 atom stereocenters. The number of carbonyl (C=O) groups excluding carboxylic acids is 1. The van der Waals surface area contributed by atoms with Crippen molar-refractivity contribution in [1.29, 1.82) is 0 Å². The zero-order chi connectivity index (χ0) is 20.7. The topological polar surface area (TPSA) is 61.7 Å². The van der Waals surface area contributed by atoms with Gasteiger partial charge in [-0.2, -0.15) is 0 Å². The molecular weight excluding hydrogens is 396 g/mol. The number of hydrogen-bond donors (Lipinski definition) is 2. The first-order chi connectivity index (χ1) is 14.6. The van der Waals surface area contributed by atoms with Gasteiger partial charge in [0.25, 0.3) is 0 Å². The SMILES string of the molecule is O=C1C[C@H](c2ccc(Cl)cc2)CC2=Nc3ccccc3N[C@H](c3cccc(O)c3)[C@H]12. The molecule has 0 saturated heterocycles. The fourth-order valence-electron chi connectivity index (χ4n) is 4.56. The molecule has 3 aromatic carbocycles. The average molecular weight is 417 g/mol. The molecule has 1 fully saturated rings. The standard InChI is InChI=1S/C25H21ClN2O2/c26-18-10-8-15(9-11-18)17-13-22-24(23(30)14-17)25(16-4-3-5-19(29)12-16)28-21-7-2-1-6-20(21)27-22/h1-12,17,24-25,28-29H,13-14H2/t17-,24+,25-/m1/s1. The van der Waals surface area contributed by atoms with Gasteiger partial charge in [-0.15, -0.1) is 0 Å². The summed E-state index contributed by atoms with van der Waals surface area (Å²) in [6.07, 6.45) is 1.17. The highest BCUT2D eigenvalue weighted by atomic mass is 35.5. The van der Waals surface area contributed by atoms with E-state index in [-0.39, 0.29) is 29.4 Å². The normalized spacial score (nSPS) is 22.9. The molecule has 5 rings (SSSR count). The van der Waals surface area contributed by atoms with Gasteiger partial charge in [0.2, 0.25) is 0 Å². The number of carbonyl (C=O) groups is 1. The minimum atomic E-state index is -0.372. The van der Waals surface area contributed by atoms with Crippen molar-refractivity contribution >= 4 is 34.5 Å². The number of fused-ring (bicyclic) bond motifs is 2.